The van der Waals surface area contributed by atoms with E-state index in [1.807, 2.05) is 24.0 Å². The number of carbonyl (C=O) groups excluding carboxylic acids is 1. The van der Waals surface area contributed by atoms with Gasteiger partial charge >= 0.3 is 0 Å². The summed E-state index contributed by atoms with van der Waals surface area (Å²) in [6, 6.07) is 7.30. The maximum absolute atomic E-state index is 12.7. The second-order valence-corrected chi connectivity index (χ2v) is 6.43. The summed E-state index contributed by atoms with van der Waals surface area (Å²) in [5.41, 5.74) is 0. The molecule has 5 heteroatoms. The predicted octanol–water partition coefficient (Wildman–Crippen LogP) is 3.35. The Labute approximate surface area is 144 Å². The zero-order valence-electron chi connectivity index (χ0n) is 14.1. The van der Waals surface area contributed by atoms with Gasteiger partial charge < -0.3 is 15.0 Å². The first-order chi connectivity index (χ1) is 11.2. The topological polar surface area (TPSA) is 41.6 Å². The van der Waals surface area contributed by atoms with Crippen LogP contribution in [0.2, 0.25) is 5.02 Å². The van der Waals surface area contributed by atoms with E-state index < -0.39 is 6.10 Å². The molecular weight excluding hydrogens is 312 g/mol. The van der Waals surface area contributed by atoms with Crippen LogP contribution in [0.25, 0.3) is 0 Å². The van der Waals surface area contributed by atoms with Crippen LogP contribution in [0.1, 0.15) is 33.1 Å². The largest absolute Gasteiger partial charge is 0.479 e. The predicted molar refractivity (Wildman–Crippen MR) is 94.0 cm³/mol. The van der Waals surface area contributed by atoms with Crippen molar-refractivity contribution in [1.29, 1.82) is 0 Å². The number of benzene rings is 1. The van der Waals surface area contributed by atoms with Gasteiger partial charge in [-0.2, -0.15) is 0 Å². The number of carbonyl (C=O) groups is 1. The number of hydrogen-bond acceptors (Lipinski definition) is 3. The number of hydrogen-bond donors (Lipinski definition) is 1. The fourth-order valence-electron chi connectivity index (χ4n) is 2.91. The van der Waals surface area contributed by atoms with Crippen LogP contribution in [-0.2, 0) is 4.79 Å². The van der Waals surface area contributed by atoms with Crippen molar-refractivity contribution in [3.63, 3.8) is 0 Å². The Hall–Kier alpha value is -1.26. The fraction of sp³-hybridized carbons (Fsp3) is 0.611. The number of amides is 1. The Bertz CT molecular complexity index is 502. The van der Waals surface area contributed by atoms with Crippen LogP contribution in [0.3, 0.4) is 0 Å². The van der Waals surface area contributed by atoms with Gasteiger partial charge in [0.1, 0.15) is 5.75 Å². The number of ether oxygens (including phenoxy) is 1. The van der Waals surface area contributed by atoms with Gasteiger partial charge in [-0.3, -0.25) is 4.79 Å². The van der Waals surface area contributed by atoms with Crippen LogP contribution in [-0.4, -0.2) is 43.1 Å². The normalized spacial score (nSPS) is 17.1. The van der Waals surface area contributed by atoms with Crippen molar-refractivity contribution in [3.8, 4) is 5.75 Å². The number of halogens is 1. The molecule has 1 atom stereocenters. The minimum absolute atomic E-state index is 0.0781. The van der Waals surface area contributed by atoms with Gasteiger partial charge in [-0.15, -0.1) is 0 Å². The lowest BCUT2D eigenvalue weighted by molar-refractivity contribution is -0.140. The molecule has 0 aromatic heterocycles. The molecule has 4 nitrogen and oxygen atoms in total. The summed E-state index contributed by atoms with van der Waals surface area (Å²) in [5.74, 6) is 1.33. The van der Waals surface area contributed by atoms with Gasteiger partial charge in [0, 0.05) is 13.1 Å². The summed E-state index contributed by atoms with van der Waals surface area (Å²) in [5, 5.41) is 3.94. The van der Waals surface area contributed by atoms with Crippen molar-refractivity contribution >= 4 is 17.5 Å². The van der Waals surface area contributed by atoms with E-state index in [1.54, 1.807) is 12.1 Å². The highest BCUT2D eigenvalue weighted by Gasteiger charge is 2.28. The minimum atomic E-state index is -0.458. The summed E-state index contributed by atoms with van der Waals surface area (Å²) in [4.78, 5) is 14.6. The Kier molecular flexibility index (Phi) is 7.18. The number of likely N-dealkylation sites (tertiary alicyclic amines) is 1. The zero-order valence-corrected chi connectivity index (χ0v) is 14.8. The lowest BCUT2D eigenvalue weighted by Crippen LogP contribution is -2.46. The van der Waals surface area contributed by atoms with Crippen molar-refractivity contribution in [2.45, 2.75) is 39.2 Å². The second-order valence-electron chi connectivity index (χ2n) is 6.02. The first kappa shape index (κ1) is 18.1. The van der Waals surface area contributed by atoms with Crippen LogP contribution >= 0.6 is 11.6 Å². The number of rotatable bonds is 7. The smallest absolute Gasteiger partial charge is 0.263 e. The standard InChI is InChI=1S/C18H27ClN2O2/c1-3-16(23-17-8-6-5-7-15(17)19)18(22)21-11-9-14(10-12-21)13-20-4-2/h5-8,14,16,20H,3-4,9-13H2,1-2H3. The second kappa shape index (κ2) is 9.14. The third-order valence-corrected chi connectivity index (χ3v) is 4.67. The number of nitrogens with zero attached hydrogens (tertiary/aromatic N) is 1. The van der Waals surface area contributed by atoms with E-state index in [2.05, 4.69) is 12.2 Å². The molecule has 0 bridgehead atoms. The summed E-state index contributed by atoms with van der Waals surface area (Å²) < 4.78 is 5.87. The van der Waals surface area contributed by atoms with Crippen LogP contribution in [0.15, 0.2) is 24.3 Å². The summed E-state index contributed by atoms with van der Waals surface area (Å²) in [6.07, 6.45) is 2.30. The van der Waals surface area contributed by atoms with E-state index in [4.69, 9.17) is 16.3 Å². The van der Waals surface area contributed by atoms with Gasteiger partial charge in [0.2, 0.25) is 0 Å². The monoisotopic (exact) mass is 338 g/mol. The average molecular weight is 339 g/mol. The van der Waals surface area contributed by atoms with Gasteiger partial charge in [-0.25, -0.2) is 0 Å². The molecule has 1 fully saturated rings. The van der Waals surface area contributed by atoms with Crippen molar-refractivity contribution in [1.82, 2.24) is 10.2 Å². The van der Waals surface area contributed by atoms with Crippen molar-refractivity contribution in [3.05, 3.63) is 29.3 Å². The molecule has 2 rings (SSSR count). The van der Waals surface area contributed by atoms with E-state index in [0.717, 1.165) is 39.0 Å². The van der Waals surface area contributed by atoms with Crippen LogP contribution in [0.5, 0.6) is 5.75 Å². The molecular formula is C18H27ClN2O2. The lowest BCUT2D eigenvalue weighted by Gasteiger charge is -2.34. The summed E-state index contributed by atoms with van der Waals surface area (Å²) in [7, 11) is 0. The highest BCUT2D eigenvalue weighted by molar-refractivity contribution is 6.32. The molecule has 0 spiro atoms. The number of piperidine rings is 1. The average Bonchev–Trinajstić information content (AvgIpc) is 2.59. The van der Waals surface area contributed by atoms with Gasteiger partial charge in [0.05, 0.1) is 5.02 Å². The molecule has 1 N–H and O–H groups in total. The zero-order chi connectivity index (χ0) is 16.7. The van der Waals surface area contributed by atoms with E-state index in [9.17, 15) is 4.79 Å². The van der Waals surface area contributed by atoms with Crippen molar-refractivity contribution in [2.24, 2.45) is 5.92 Å². The maximum atomic E-state index is 12.7. The van der Waals surface area contributed by atoms with E-state index in [1.165, 1.54) is 0 Å². The maximum Gasteiger partial charge on any atom is 0.263 e. The Morgan fingerprint density at radius 3 is 2.65 bits per heavy atom. The molecule has 1 aliphatic heterocycles. The molecule has 1 unspecified atom stereocenters. The first-order valence-corrected chi connectivity index (χ1v) is 8.94. The van der Waals surface area contributed by atoms with E-state index in [0.29, 0.717) is 23.1 Å². The van der Waals surface area contributed by atoms with Gasteiger partial charge in [0.15, 0.2) is 6.10 Å². The molecule has 23 heavy (non-hydrogen) atoms. The third kappa shape index (κ3) is 5.11. The molecule has 1 heterocycles. The van der Waals surface area contributed by atoms with Crippen molar-refractivity contribution in [2.75, 3.05) is 26.2 Å². The molecule has 128 valence electrons. The van der Waals surface area contributed by atoms with Crippen molar-refractivity contribution < 1.29 is 9.53 Å². The quantitative estimate of drug-likeness (QED) is 0.829. The molecule has 1 aromatic rings. The lowest BCUT2D eigenvalue weighted by atomic mass is 9.96. The molecule has 1 amide bonds. The van der Waals surface area contributed by atoms with Crippen LogP contribution < -0.4 is 10.1 Å². The molecule has 0 saturated carbocycles. The minimum Gasteiger partial charge on any atom is -0.479 e. The van der Waals surface area contributed by atoms with Gasteiger partial charge in [-0.1, -0.05) is 37.6 Å². The van der Waals surface area contributed by atoms with Gasteiger partial charge in [0.25, 0.3) is 5.91 Å². The Morgan fingerprint density at radius 2 is 2.04 bits per heavy atom. The molecule has 0 radical (unpaired) electrons. The Morgan fingerprint density at radius 1 is 1.35 bits per heavy atom. The first-order valence-electron chi connectivity index (χ1n) is 8.56. The molecule has 1 aliphatic rings. The fourth-order valence-corrected chi connectivity index (χ4v) is 3.09. The van der Waals surface area contributed by atoms with Crippen LogP contribution in [0.4, 0.5) is 0 Å². The highest BCUT2D eigenvalue weighted by Crippen LogP contribution is 2.26. The molecule has 0 aliphatic carbocycles. The molecule has 1 aromatic carbocycles. The molecule has 1 saturated heterocycles. The summed E-state index contributed by atoms with van der Waals surface area (Å²) in [6.45, 7) is 7.77. The third-order valence-electron chi connectivity index (χ3n) is 4.36. The highest BCUT2D eigenvalue weighted by atomic mass is 35.5. The van der Waals surface area contributed by atoms with Crippen LogP contribution in [0, 0.1) is 5.92 Å². The van der Waals surface area contributed by atoms with E-state index >= 15 is 0 Å². The SMILES string of the molecule is CCNCC1CCN(C(=O)C(CC)Oc2ccccc2Cl)CC1. The van der Waals surface area contributed by atoms with Gasteiger partial charge in [-0.05, 0) is 50.4 Å². The summed E-state index contributed by atoms with van der Waals surface area (Å²) >= 11 is 6.13. The number of para-hydroxylation sites is 1. The Balaban J connectivity index is 1.89. The van der Waals surface area contributed by atoms with E-state index in [-0.39, 0.29) is 5.91 Å². The number of nitrogens with one attached hydrogen (secondary N) is 1.